The standard InChI is InChI=1S/C12H12N2O/c15-8-4-12-9-11(3-7-14-12)10-1-5-13-6-2-10/h1-3,5-7,9,15H,4,8H2. The molecule has 0 unspecified atom stereocenters. The molecule has 2 aromatic heterocycles. The van der Waals surface area contributed by atoms with Gasteiger partial charge in [0.2, 0.25) is 0 Å². The molecule has 76 valence electrons. The monoisotopic (exact) mass is 200 g/mol. The summed E-state index contributed by atoms with van der Waals surface area (Å²) < 4.78 is 0. The summed E-state index contributed by atoms with van der Waals surface area (Å²) in [4.78, 5) is 8.15. The zero-order valence-corrected chi connectivity index (χ0v) is 8.30. The second-order valence-corrected chi connectivity index (χ2v) is 3.25. The van der Waals surface area contributed by atoms with E-state index in [2.05, 4.69) is 9.97 Å². The topological polar surface area (TPSA) is 46.0 Å². The van der Waals surface area contributed by atoms with Crippen molar-refractivity contribution in [2.24, 2.45) is 0 Å². The van der Waals surface area contributed by atoms with E-state index >= 15 is 0 Å². The van der Waals surface area contributed by atoms with Crippen molar-refractivity contribution in [1.82, 2.24) is 9.97 Å². The van der Waals surface area contributed by atoms with Gasteiger partial charge in [-0.1, -0.05) is 0 Å². The van der Waals surface area contributed by atoms with Crippen molar-refractivity contribution in [2.75, 3.05) is 6.61 Å². The number of pyridine rings is 2. The number of aliphatic hydroxyl groups is 1. The second kappa shape index (κ2) is 4.66. The smallest absolute Gasteiger partial charge is 0.0486 e. The Kier molecular flexibility index (Phi) is 3.05. The summed E-state index contributed by atoms with van der Waals surface area (Å²) in [7, 11) is 0. The van der Waals surface area contributed by atoms with E-state index in [0.717, 1.165) is 16.8 Å². The van der Waals surface area contributed by atoms with Crippen LogP contribution >= 0.6 is 0 Å². The normalized spacial score (nSPS) is 10.2. The fourth-order valence-electron chi connectivity index (χ4n) is 1.45. The number of nitrogens with zero attached hydrogens (tertiary/aromatic N) is 2. The van der Waals surface area contributed by atoms with Crippen LogP contribution in [0.5, 0.6) is 0 Å². The predicted molar refractivity (Wildman–Crippen MR) is 58.3 cm³/mol. The van der Waals surface area contributed by atoms with Crippen molar-refractivity contribution < 1.29 is 5.11 Å². The van der Waals surface area contributed by atoms with Crippen LogP contribution in [0.25, 0.3) is 11.1 Å². The highest BCUT2D eigenvalue weighted by Crippen LogP contribution is 2.18. The molecule has 0 aromatic carbocycles. The van der Waals surface area contributed by atoms with E-state index in [4.69, 9.17) is 5.11 Å². The van der Waals surface area contributed by atoms with Crippen LogP contribution in [0.1, 0.15) is 5.69 Å². The molecule has 0 atom stereocenters. The second-order valence-electron chi connectivity index (χ2n) is 3.25. The van der Waals surface area contributed by atoms with Gasteiger partial charge >= 0.3 is 0 Å². The summed E-state index contributed by atoms with van der Waals surface area (Å²) in [5.41, 5.74) is 3.13. The first-order valence-corrected chi connectivity index (χ1v) is 4.86. The van der Waals surface area contributed by atoms with Gasteiger partial charge in [-0.25, -0.2) is 0 Å². The first-order chi connectivity index (χ1) is 7.40. The molecular formula is C12H12N2O. The Morgan fingerprint density at radius 1 is 1.00 bits per heavy atom. The summed E-state index contributed by atoms with van der Waals surface area (Å²) in [5.74, 6) is 0. The molecule has 3 nitrogen and oxygen atoms in total. The molecule has 0 amide bonds. The Bertz CT molecular complexity index is 429. The van der Waals surface area contributed by atoms with Crippen molar-refractivity contribution in [3.05, 3.63) is 48.5 Å². The zero-order chi connectivity index (χ0) is 10.5. The molecule has 0 saturated carbocycles. The number of hydrogen-bond donors (Lipinski definition) is 1. The van der Waals surface area contributed by atoms with Gasteiger partial charge in [0.1, 0.15) is 0 Å². The molecule has 0 spiro atoms. The van der Waals surface area contributed by atoms with E-state index < -0.39 is 0 Å². The van der Waals surface area contributed by atoms with Crippen LogP contribution in [0.15, 0.2) is 42.9 Å². The molecule has 2 rings (SSSR count). The average molecular weight is 200 g/mol. The first kappa shape index (κ1) is 9.80. The fourth-order valence-corrected chi connectivity index (χ4v) is 1.45. The largest absolute Gasteiger partial charge is 0.396 e. The average Bonchev–Trinajstić information content (AvgIpc) is 2.31. The fraction of sp³-hybridized carbons (Fsp3) is 0.167. The quantitative estimate of drug-likeness (QED) is 0.819. The molecule has 2 aromatic rings. The summed E-state index contributed by atoms with van der Waals surface area (Å²) in [6.45, 7) is 0.132. The minimum Gasteiger partial charge on any atom is -0.396 e. The number of aliphatic hydroxyl groups excluding tert-OH is 1. The lowest BCUT2D eigenvalue weighted by Crippen LogP contribution is -1.94. The maximum Gasteiger partial charge on any atom is 0.0486 e. The molecule has 0 aliphatic heterocycles. The number of aromatic nitrogens is 2. The third-order valence-electron chi connectivity index (χ3n) is 2.20. The number of hydrogen-bond acceptors (Lipinski definition) is 3. The van der Waals surface area contributed by atoms with Crippen LogP contribution in [0.3, 0.4) is 0 Å². The minimum atomic E-state index is 0.132. The zero-order valence-electron chi connectivity index (χ0n) is 8.30. The highest BCUT2D eigenvalue weighted by Gasteiger charge is 1.99. The number of rotatable bonds is 3. The van der Waals surface area contributed by atoms with Crippen LogP contribution in [0.4, 0.5) is 0 Å². The maximum absolute atomic E-state index is 8.83. The third-order valence-corrected chi connectivity index (χ3v) is 2.20. The molecule has 0 radical (unpaired) electrons. The van der Waals surface area contributed by atoms with Crippen LogP contribution in [0, 0.1) is 0 Å². The first-order valence-electron chi connectivity index (χ1n) is 4.86. The van der Waals surface area contributed by atoms with Gasteiger partial charge in [0, 0.05) is 37.3 Å². The summed E-state index contributed by atoms with van der Waals surface area (Å²) >= 11 is 0. The van der Waals surface area contributed by atoms with Crippen molar-refractivity contribution in [2.45, 2.75) is 6.42 Å². The minimum absolute atomic E-state index is 0.132. The van der Waals surface area contributed by atoms with E-state index in [1.165, 1.54) is 0 Å². The van der Waals surface area contributed by atoms with Gasteiger partial charge in [-0.05, 0) is 35.4 Å². The molecule has 0 saturated heterocycles. The van der Waals surface area contributed by atoms with Gasteiger partial charge in [-0.3, -0.25) is 9.97 Å². The lowest BCUT2D eigenvalue weighted by atomic mass is 10.1. The molecule has 15 heavy (non-hydrogen) atoms. The van der Waals surface area contributed by atoms with E-state index in [-0.39, 0.29) is 6.61 Å². The molecule has 2 heterocycles. The van der Waals surface area contributed by atoms with Crippen molar-refractivity contribution in [3.8, 4) is 11.1 Å². The van der Waals surface area contributed by atoms with Gasteiger partial charge < -0.3 is 5.11 Å². The highest BCUT2D eigenvalue weighted by atomic mass is 16.3. The molecule has 0 bridgehead atoms. The van der Waals surface area contributed by atoms with Crippen molar-refractivity contribution >= 4 is 0 Å². The van der Waals surface area contributed by atoms with Crippen LogP contribution in [0.2, 0.25) is 0 Å². The maximum atomic E-state index is 8.83. The molecular weight excluding hydrogens is 188 g/mol. The lowest BCUT2D eigenvalue weighted by molar-refractivity contribution is 0.298. The third kappa shape index (κ3) is 2.39. The highest BCUT2D eigenvalue weighted by molar-refractivity contribution is 5.62. The van der Waals surface area contributed by atoms with Crippen LogP contribution in [-0.2, 0) is 6.42 Å². The van der Waals surface area contributed by atoms with Gasteiger partial charge in [-0.15, -0.1) is 0 Å². The van der Waals surface area contributed by atoms with Gasteiger partial charge in [0.15, 0.2) is 0 Å². The Labute approximate surface area is 88.5 Å². The Morgan fingerprint density at radius 2 is 1.73 bits per heavy atom. The Hall–Kier alpha value is -1.74. The molecule has 0 aliphatic rings. The molecule has 0 fully saturated rings. The molecule has 3 heteroatoms. The lowest BCUT2D eigenvalue weighted by Gasteiger charge is -2.03. The van der Waals surface area contributed by atoms with E-state index in [1.807, 2.05) is 24.3 Å². The van der Waals surface area contributed by atoms with Gasteiger partial charge in [0.25, 0.3) is 0 Å². The summed E-state index contributed by atoms with van der Waals surface area (Å²) in [6, 6.07) is 7.86. The van der Waals surface area contributed by atoms with Crippen molar-refractivity contribution in [3.63, 3.8) is 0 Å². The van der Waals surface area contributed by atoms with Gasteiger partial charge in [-0.2, -0.15) is 0 Å². The SMILES string of the molecule is OCCc1cc(-c2ccncc2)ccn1. The van der Waals surface area contributed by atoms with Gasteiger partial charge in [0.05, 0.1) is 0 Å². The Balaban J connectivity index is 2.33. The van der Waals surface area contributed by atoms with E-state index in [1.54, 1.807) is 18.6 Å². The van der Waals surface area contributed by atoms with Crippen molar-refractivity contribution in [1.29, 1.82) is 0 Å². The van der Waals surface area contributed by atoms with Crippen LogP contribution < -0.4 is 0 Å². The molecule has 0 aliphatic carbocycles. The Morgan fingerprint density at radius 3 is 2.47 bits per heavy atom. The summed E-state index contributed by atoms with van der Waals surface area (Å²) in [6.07, 6.45) is 5.89. The summed E-state index contributed by atoms with van der Waals surface area (Å²) in [5, 5.41) is 8.83. The van der Waals surface area contributed by atoms with Crippen LogP contribution in [-0.4, -0.2) is 21.7 Å². The predicted octanol–water partition coefficient (Wildman–Crippen LogP) is 1.68. The van der Waals surface area contributed by atoms with E-state index in [0.29, 0.717) is 6.42 Å². The van der Waals surface area contributed by atoms with E-state index in [9.17, 15) is 0 Å². The molecule has 1 N–H and O–H groups in total.